The number of aryl methyl sites for hydroxylation is 1. The molecular formula is C21H19FN4O2S. The minimum Gasteiger partial charge on any atom is -0.364 e. The van der Waals surface area contributed by atoms with E-state index in [0.29, 0.717) is 5.82 Å². The molecule has 8 heteroatoms. The van der Waals surface area contributed by atoms with Gasteiger partial charge in [0, 0.05) is 19.4 Å². The summed E-state index contributed by atoms with van der Waals surface area (Å²) in [5, 5.41) is 3.74. The molecule has 1 N–H and O–H groups in total. The van der Waals surface area contributed by atoms with E-state index in [9.17, 15) is 9.18 Å². The molecule has 1 atom stereocenters. The Morgan fingerprint density at radius 3 is 2.76 bits per heavy atom. The number of ether oxygens (including phenoxy) is 1. The minimum atomic E-state index is -0.505. The number of hydrogen-bond acceptors (Lipinski definition) is 5. The first-order chi connectivity index (χ1) is 14.1. The third-order valence-corrected chi connectivity index (χ3v) is 5.43. The predicted molar refractivity (Wildman–Crippen MR) is 109 cm³/mol. The maximum atomic E-state index is 13.3. The van der Waals surface area contributed by atoms with E-state index < -0.39 is 6.04 Å². The fraction of sp³-hybridized carbons (Fsp3) is 0.190. The van der Waals surface area contributed by atoms with E-state index in [-0.39, 0.29) is 24.9 Å². The average molecular weight is 410 g/mol. The van der Waals surface area contributed by atoms with Crippen LogP contribution in [0.1, 0.15) is 22.4 Å². The lowest BCUT2D eigenvalue weighted by Gasteiger charge is -2.19. The van der Waals surface area contributed by atoms with Crippen LogP contribution < -0.4 is 5.32 Å². The monoisotopic (exact) mass is 410 g/mol. The van der Waals surface area contributed by atoms with Crippen molar-refractivity contribution in [2.75, 3.05) is 6.61 Å². The van der Waals surface area contributed by atoms with E-state index in [1.165, 1.54) is 12.1 Å². The van der Waals surface area contributed by atoms with E-state index in [1.54, 1.807) is 35.9 Å². The van der Waals surface area contributed by atoms with E-state index >= 15 is 0 Å². The fourth-order valence-corrected chi connectivity index (χ4v) is 3.93. The van der Waals surface area contributed by atoms with Crippen molar-refractivity contribution < 1.29 is 13.9 Å². The molecule has 0 aliphatic heterocycles. The van der Waals surface area contributed by atoms with Crippen molar-refractivity contribution in [3.63, 3.8) is 0 Å². The van der Waals surface area contributed by atoms with Crippen LogP contribution in [-0.4, -0.2) is 27.0 Å². The van der Waals surface area contributed by atoms with Gasteiger partial charge >= 0.3 is 0 Å². The number of rotatable bonds is 7. The highest BCUT2D eigenvalue weighted by molar-refractivity contribution is 7.18. The molecule has 0 radical (unpaired) electrons. The Kier molecular flexibility index (Phi) is 5.64. The first kappa shape index (κ1) is 19.2. The van der Waals surface area contributed by atoms with Gasteiger partial charge in [0.05, 0.1) is 16.8 Å². The minimum absolute atomic E-state index is 0.113. The van der Waals surface area contributed by atoms with Crippen LogP contribution in [0.25, 0.3) is 10.2 Å². The zero-order valence-corrected chi connectivity index (χ0v) is 16.5. The number of para-hydroxylation sites is 1. The number of fused-ring (bicyclic) bond motifs is 1. The second kappa shape index (κ2) is 8.50. The highest BCUT2D eigenvalue weighted by atomic mass is 32.1. The third kappa shape index (κ3) is 4.49. The summed E-state index contributed by atoms with van der Waals surface area (Å²) in [5.74, 6) is 0.0254. The van der Waals surface area contributed by atoms with Gasteiger partial charge in [-0.1, -0.05) is 24.3 Å². The highest BCUT2D eigenvalue weighted by Crippen LogP contribution is 2.23. The topological polar surface area (TPSA) is 69.0 Å². The molecule has 1 amide bonds. The zero-order valence-electron chi connectivity index (χ0n) is 15.7. The van der Waals surface area contributed by atoms with Crippen LogP contribution in [0.2, 0.25) is 0 Å². The number of nitrogens with zero attached hydrogens (tertiary/aromatic N) is 3. The lowest BCUT2D eigenvalue weighted by molar-refractivity contribution is -0.126. The van der Waals surface area contributed by atoms with Crippen molar-refractivity contribution in [3.8, 4) is 0 Å². The molecule has 0 spiro atoms. The van der Waals surface area contributed by atoms with Crippen molar-refractivity contribution in [2.24, 2.45) is 7.05 Å². The average Bonchev–Trinajstić information content (AvgIpc) is 3.32. The largest absolute Gasteiger partial charge is 0.364 e. The van der Waals surface area contributed by atoms with E-state index in [2.05, 4.69) is 15.3 Å². The summed E-state index contributed by atoms with van der Waals surface area (Å²) >= 11 is 1.54. The van der Waals surface area contributed by atoms with Crippen LogP contribution in [0, 0.1) is 5.82 Å². The van der Waals surface area contributed by atoms with Gasteiger partial charge in [0.25, 0.3) is 0 Å². The van der Waals surface area contributed by atoms with Crippen molar-refractivity contribution >= 4 is 27.5 Å². The third-order valence-electron chi connectivity index (χ3n) is 4.42. The first-order valence-electron chi connectivity index (χ1n) is 9.04. The molecule has 4 rings (SSSR count). The van der Waals surface area contributed by atoms with Crippen LogP contribution in [-0.2, 0) is 23.2 Å². The standard InChI is InChI=1S/C21H19FN4O2S/c1-26-11-10-23-21(26)20(14-6-8-15(22)9-7-14)25-18(27)12-28-13-19-24-16-4-2-3-5-17(16)29-19/h2-11,20H,12-13H2,1H3,(H,25,27). The van der Waals surface area contributed by atoms with Crippen LogP contribution >= 0.6 is 11.3 Å². The van der Waals surface area contributed by atoms with Crippen LogP contribution in [0.5, 0.6) is 0 Å². The number of benzene rings is 2. The molecule has 4 aromatic rings. The van der Waals surface area contributed by atoms with Crippen molar-refractivity contribution in [2.45, 2.75) is 12.6 Å². The molecule has 0 saturated heterocycles. The Hall–Kier alpha value is -3.10. The van der Waals surface area contributed by atoms with Gasteiger partial charge in [-0.2, -0.15) is 0 Å². The number of aromatic nitrogens is 3. The zero-order chi connectivity index (χ0) is 20.2. The van der Waals surface area contributed by atoms with E-state index in [1.807, 2.05) is 35.9 Å². The molecule has 2 aromatic heterocycles. The Morgan fingerprint density at radius 1 is 1.24 bits per heavy atom. The molecule has 6 nitrogen and oxygen atoms in total. The Morgan fingerprint density at radius 2 is 2.03 bits per heavy atom. The number of carbonyl (C=O) groups excluding carboxylic acids is 1. The number of thiazole rings is 1. The van der Waals surface area contributed by atoms with Crippen LogP contribution in [0.15, 0.2) is 60.9 Å². The van der Waals surface area contributed by atoms with Gasteiger partial charge in [-0.25, -0.2) is 14.4 Å². The molecule has 0 aliphatic carbocycles. The van der Waals surface area contributed by atoms with Gasteiger partial charge in [0.1, 0.15) is 29.3 Å². The summed E-state index contributed by atoms with van der Waals surface area (Å²) in [6.45, 7) is 0.147. The van der Waals surface area contributed by atoms with Crippen molar-refractivity contribution in [1.82, 2.24) is 19.9 Å². The van der Waals surface area contributed by atoms with Gasteiger partial charge in [-0.15, -0.1) is 11.3 Å². The number of amides is 1. The highest BCUT2D eigenvalue weighted by Gasteiger charge is 2.21. The summed E-state index contributed by atoms with van der Waals surface area (Å²) in [5.41, 5.74) is 1.66. The molecule has 0 bridgehead atoms. The summed E-state index contributed by atoms with van der Waals surface area (Å²) < 4.78 is 21.8. The second-order valence-corrected chi connectivity index (χ2v) is 7.63. The molecule has 148 valence electrons. The maximum Gasteiger partial charge on any atom is 0.246 e. The molecule has 0 saturated carbocycles. The van der Waals surface area contributed by atoms with E-state index in [4.69, 9.17) is 4.74 Å². The normalized spacial score (nSPS) is 12.2. The number of hydrogen-bond donors (Lipinski definition) is 1. The maximum absolute atomic E-state index is 13.3. The van der Waals surface area contributed by atoms with Gasteiger partial charge in [0.2, 0.25) is 5.91 Å². The summed E-state index contributed by atoms with van der Waals surface area (Å²) in [4.78, 5) is 21.3. The smallest absolute Gasteiger partial charge is 0.246 e. The number of halogens is 1. The molecule has 2 heterocycles. The summed E-state index contributed by atoms with van der Waals surface area (Å²) in [6.07, 6.45) is 3.45. The molecule has 0 fully saturated rings. The number of carbonyl (C=O) groups is 1. The van der Waals surface area contributed by atoms with Gasteiger partial charge < -0.3 is 14.6 Å². The Labute approximate surface area is 171 Å². The van der Waals surface area contributed by atoms with Gasteiger partial charge in [-0.05, 0) is 29.8 Å². The lowest BCUT2D eigenvalue weighted by atomic mass is 10.1. The summed E-state index contributed by atoms with van der Waals surface area (Å²) in [6, 6.07) is 13.3. The van der Waals surface area contributed by atoms with Gasteiger partial charge in [-0.3, -0.25) is 4.79 Å². The summed E-state index contributed by atoms with van der Waals surface area (Å²) in [7, 11) is 1.84. The fourth-order valence-electron chi connectivity index (χ4n) is 3.02. The Bertz CT molecular complexity index is 1090. The van der Waals surface area contributed by atoms with Crippen molar-refractivity contribution in [1.29, 1.82) is 0 Å². The molecule has 29 heavy (non-hydrogen) atoms. The number of imidazole rings is 1. The van der Waals surface area contributed by atoms with Crippen LogP contribution in [0.3, 0.4) is 0 Å². The molecule has 1 unspecified atom stereocenters. The van der Waals surface area contributed by atoms with Gasteiger partial charge in [0.15, 0.2) is 0 Å². The molecular weight excluding hydrogens is 391 g/mol. The second-order valence-electron chi connectivity index (χ2n) is 6.52. The van der Waals surface area contributed by atoms with Crippen molar-refractivity contribution in [3.05, 3.63) is 83.1 Å². The van der Waals surface area contributed by atoms with E-state index in [0.717, 1.165) is 20.8 Å². The van der Waals surface area contributed by atoms with Crippen LogP contribution in [0.4, 0.5) is 4.39 Å². The molecule has 0 aliphatic rings. The predicted octanol–water partition coefficient (Wildman–Crippen LogP) is 3.59. The Balaban J connectivity index is 1.41. The number of nitrogens with one attached hydrogen (secondary N) is 1. The molecule has 2 aromatic carbocycles. The SMILES string of the molecule is Cn1ccnc1C(NC(=O)COCc1nc2ccccc2s1)c1ccc(F)cc1. The lowest BCUT2D eigenvalue weighted by Crippen LogP contribution is -2.33. The quantitative estimate of drug-likeness (QED) is 0.506. The first-order valence-corrected chi connectivity index (χ1v) is 9.86.